The topological polar surface area (TPSA) is 498 Å². The first-order valence-electron chi connectivity index (χ1n) is 44.3. The lowest BCUT2D eigenvalue weighted by Gasteiger charge is -2.41. The number of rotatable bonds is 52. The van der Waals surface area contributed by atoms with Crippen LogP contribution in [0.1, 0.15) is 150 Å². The minimum atomic E-state index is -4.43. The van der Waals surface area contributed by atoms with Crippen molar-refractivity contribution in [2.45, 2.75) is 102 Å². The second-order valence-electron chi connectivity index (χ2n) is 32.4. The number of halogens is 4. The van der Waals surface area contributed by atoms with Crippen molar-refractivity contribution < 1.29 is 99.1 Å². The third-order valence-electron chi connectivity index (χ3n) is 22.2. The number of carbonyl (C=O) groups excluding carboxylic acids is 11. The molecule has 3 aliphatic heterocycles. The standard InChI is InChI=1S/C87H117ClF3N25O18S/c1-55-56(2)135-84-73(55)74(58-9-11-59(88)12-10-58)101-63(75-108-107-57(3)116(75)84)49-72(121)98-60-16-27-114(28-17-60)32-36-131-40-44-132-41-37-128-33-18-71(120)106-86(19-29-115(30-20-86)54-87(89,90)91)85(127)97-26-35-130-39-43-134-46-45-133-42-38-129-34-25-92-68(117)13-21-96-81(124)77-104-66(52-112(77)7)102-69(118)14-22-95-80(123)65-48-62(51-111(65)6)100-83(126)78-105-67(53-113(78)8)103-70(119)15-23-94-79(122)64-47-61(50-110(64)5)99-82(125)76-93-24-31-109(76)4/h9-12,24,31,47-48,50-53,60,63H,13-23,25-30,32-46,49,54H2,1-8H3,(H,92,117)(H,94,122)(H,95,123)(H,96,124)(H,97,127)(H,98,121)(H,99,125)(H,100,126)(H,102,118)(H,103,119)(H,106,120)/t63-/m0/s1. The van der Waals surface area contributed by atoms with E-state index >= 15 is 0 Å². The van der Waals surface area contributed by atoms with E-state index in [1.807, 2.05) is 35.8 Å². The highest BCUT2D eigenvalue weighted by atomic mass is 35.5. The van der Waals surface area contributed by atoms with Crippen molar-refractivity contribution >= 4 is 117 Å². The van der Waals surface area contributed by atoms with Gasteiger partial charge in [-0.2, -0.15) is 13.2 Å². The van der Waals surface area contributed by atoms with Gasteiger partial charge in [0.15, 0.2) is 23.3 Å². The molecular weight excluding hydrogens is 1810 g/mol. The molecule has 48 heteroatoms. The van der Waals surface area contributed by atoms with Gasteiger partial charge in [0, 0.05) is 191 Å². The molecular formula is C87H117ClF3N25O18S. The monoisotopic (exact) mass is 1920 g/mol. The van der Waals surface area contributed by atoms with Crippen LogP contribution in [0.5, 0.6) is 0 Å². The number of carbonyl (C=O) groups is 11. The molecule has 11 N–H and O–H groups in total. The van der Waals surface area contributed by atoms with Crippen molar-refractivity contribution in [3.63, 3.8) is 0 Å². The van der Waals surface area contributed by atoms with Gasteiger partial charge in [0.25, 0.3) is 29.5 Å². The van der Waals surface area contributed by atoms with E-state index in [0.29, 0.717) is 36.4 Å². The van der Waals surface area contributed by atoms with Gasteiger partial charge in [-0.15, -0.1) is 21.5 Å². The Labute approximate surface area is 785 Å². The van der Waals surface area contributed by atoms with Crippen molar-refractivity contribution in [1.82, 2.24) is 99.6 Å². The average molecular weight is 1930 g/mol. The molecule has 11 rings (SSSR count). The number of ether oxygens (including phenoxy) is 7. The fraction of sp³-hybridized carbons (Fsp3) is 0.529. The first-order chi connectivity index (χ1) is 64.8. The molecule has 43 nitrogen and oxygen atoms in total. The van der Waals surface area contributed by atoms with Crippen LogP contribution in [0.4, 0.5) is 36.2 Å². The highest BCUT2D eigenvalue weighted by molar-refractivity contribution is 7.15. The molecule has 1 aromatic carbocycles. The largest absolute Gasteiger partial charge is 0.401 e. The molecule has 10 heterocycles. The van der Waals surface area contributed by atoms with Gasteiger partial charge in [0.05, 0.1) is 123 Å². The molecule has 0 aliphatic carbocycles. The van der Waals surface area contributed by atoms with E-state index in [2.05, 4.69) is 102 Å². The summed E-state index contributed by atoms with van der Waals surface area (Å²) in [4.78, 5) is 166. The van der Waals surface area contributed by atoms with Crippen LogP contribution >= 0.6 is 22.9 Å². The number of hydrogen-bond acceptors (Lipinski definition) is 27. The van der Waals surface area contributed by atoms with E-state index in [4.69, 9.17) is 49.8 Å². The van der Waals surface area contributed by atoms with E-state index in [1.54, 1.807) is 63.5 Å². The van der Waals surface area contributed by atoms with E-state index in [1.165, 1.54) is 60.1 Å². The van der Waals surface area contributed by atoms with Crippen LogP contribution in [-0.4, -0.2) is 315 Å². The van der Waals surface area contributed by atoms with Crippen molar-refractivity contribution in [2.24, 2.45) is 40.2 Å². The molecule has 732 valence electrons. The number of amides is 11. The number of aliphatic imine (C=N–C) groups is 1. The second-order valence-corrected chi connectivity index (χ2v) is 34.1. The number of fused-ring (bicyclic) bond motifs is 3. The summed E-state index contributed by atoms with van der Waals surface area (Å²) in [7, 11) is 7.98. The number of piperidine rings is 2. The molecule has 135 heavy (non-hydrogen) atoms. The summed E-state index contributed by atoms with van der Waals surface area (Å²) in [6.45, 7) is 10.5. The highest BCUT2D eigenvalue weighted by Crippen LogP contribution is 2.40. The van der Waals surface area contributed by atoms with E-state index in [0.717, 1.165) is 70.6 Å². The molecule has 0 radical (unpaired) electrons. The van der Waals surface area contributed by atoms with E-state index in [9.17, 15) is 65.9 Å². The zero-order valence-electron chi connectivity index (χ0n) is 76.7. The number of hydrogen-bond donors (Lipinski definition) is 11. The second kappa shape index (κ2) is 50.4. The Morgan fingerprint density at radius 1 is 0.511 bits per heavy atom. The van der Waals surface area contributed by atoms with Crippen molar-refractivity contribution in [3.8, 4) is 5.00 Å². The number of likely N-dealkylation sites (tertiary alicyclic amines) is 2. The van der Waals surface area contributed by atoms with Crippen LogP contribution in [-0.2, 0) is 97.2 Å². The summed E-state index contributed by atoms with van der Waals surface area (Å²) in [5.41, 5.74) is 3.37. The van der Waals surface area contributed by atoms with Crippen LogP contribution < -0.4 is 58.5 Å². The summed E-state index contributed by atoms with van der Waals surface area (Å²) >= 11 is 7.94. The predicted octanol–water partition coefficient (Wildman–Crippen LogP) is 3.74. The summed E-state index contributed by atoms with van der Waals surface area (Å²) in [6, 6.07) is 9.95. The fourth-order valence-electron chi connectivity index (χ4n) is 15.1. The quantitative estimate of drug-likeness (QED) is 0.0242. The molecule has 0 saturated carbocycles. The number of aromatic nitrogens is 11. The normalized spacial score (nSPS) is 14.5. The summed E-state index contributed by atoms with van der Waals surface area (Å²) in [5, 5.41) is 40.6. The molecule has 11 amide bonds. The van der Waals surface area contributed by atoms with Gasteiger partial charge in [-0.1, -0.05) is 23.7 Å². The van der Waals surface area contributed by atoms with Crippen LogP contribution in [0.15, 0.2) is 78.6 Å². The number of nitrogens with zero attached hydrogens (tertiary/aromatic N) is 14. The number of alkyl halides is 3. The van der Waals surface area contributed by atoms with Crippen LogP contribution in [0.3, 0.4) is 0 Å². The van der Waals surface area contributed by atoms with Crippen molar-refractivity contribution in [3.05, 3.63) is 141 Å². The molecule has 0 unspecified atom stereocenters. The number of thiophene rings is 1. The number of nitrogens with one attached hydrogen (secondary N) is 11. The Hall–Kier alpha value is -12.2. The molecule has 1 atom stereocenters. The first-order valence-corrected chi connectivity index (χ1v) is 45.5. The smallest absolute Gasteiger partial charge is 0.379 e. The Kier molecular flexibility index (Phi) is 38.6. The number of anilines is 4. The minimum Gasteiger partial charge on any atom is -0.379 e. The number of benzene rings is 1. The van der Waals surface area contributed by atoms with Crippen LogP contribution in [0.2, 0.25) is 5.02 Å². The molecule has 8 aromatic rings. The zero-order valence-corrected chi connectivity index (χ0v) is 78.2. The predicted molar refractivity (Wildman–Crippen MR) is 489 cm³/mol. The lowest BCUT2D eigenvalue weighted by molar-refractivity contribution is -0.152. The fourth-order valence-corrected chi connectivity index (χ4v) is 16.4. The average Bonchev–Trinajstić information content (AvgIpc) is 1.59. The molecule has 2 fully saturated rings. The van der Waals surface area contributed by atoms with Crippen LogP contribution in [0, 0.1) is 20.8 Å². The van der Waals surface area contributed by atoms with Gasteiger partial charge in [-0.3, -0.25) is 67.2 Å². The van der Waals surface area contributed by atoms with E-state index in [-0.39, 0.29) is 227 Å². The lowest BCUT2D eigenvalue weighted by Crippen LogP contribution is -2.64. The zero-order chi connectivity index (χ0) is 96.7. The molecule has 0 bridgehead atoms. The number of aryl methyl sites for hydroxylation is 7. The first kappa shape index (κ1) is 103. The van der Waals surface area contributed by atoms with Crippen molar-refractivity contribution in [1.29, 1.82) is 0 Å². The molecule has 3 aliphatic rings. The summed E-state index contributed by atoms with van der Waals surface area (Å²) in [5.74, 6) is -3.68. The number of imidazole rings is 3. The maximum absolute atomic E-state index is 13.8. The summed E-state index contributed by atoms with van der Waals surface area (Å²) < 4.78 is 88.8. The molecule has 7 aromatic heterocycles. The molecule has 2 saturated heterocycles. The maximum Gasteiger partial charge on any atom is 0.401 e. The Balaban J connectivity index is 0.464. The molecule has 0 spiro atoms. The Bertz CT molecular complexity index is 5430. The third-order valence-corrected chi connectivity index (χ3v) is 23.7. The summed E-state index contributed by atoms with van der Waals surface area (Å²) in [6.07, 6.45) is 5.74. The van der Waals surface area contributed by atoms with Gasteiger partial charge < -0.3 is 119 Å². The van der Waals surface area contributed by atoms with Gasteiger partial charge in [-0.05, 0) is 76.3 Å². The van der Waals surface area contributed by atoms with Gasteiger partial charge in [0.1, 0.15) is 33.8 Å². The van der Waals surface area contributed by atoms with Gasteiger partial charge >= 0.3 is 6.18 Å². The SMILES string of the molecule is Cc1sc2c(c1C)C(c1ccc(Cl)cc1)=N[C@@H](CC(=O)NC1CCN(CCOCCOCCOCCC(=O)NC3(C(=O)NCCOCCOCCOCCOCCNC(=O)CCNC(=O)c4nc(NC(=O)CCNC(=O)c5cc(NC(=O)c6nc(NC(=O)CCNC(=O)c7cc(NC(=O)c8nccn8C)cn7C)cn6C)cn5C)cn4C)CCN(CC(F)(F)F)CC3)CC1)c1nnc(C)n1-2. The van der Waals surface area contributed by atoms with E-state index < -0.39 is 77.5 Å². The van der Waals surface area contributed by atoms with Crippen LogP contribution in [0.25, 0.3) is 5.00 Å². The van der Waals surface area contributed by atoms with Gasteiger partial charge in [0.2, 0.25) is 47.1 Å². The Morgan fingerprint density at radius 2 is 1.01 bits per heavy atom. The maximum atomic E-state index is 13.8. The Morgan fingerprint density at radius 3 is 1.56 bits per heavy atom. The minimum absolute atomic E-state index is 0.0102. The van der Waals surface area contributed by atoms with Gasteiger partial charge in [-0.25, -0.2) is 15.0 Å². The highest BCUT2D eigenvalue weighted by Gasteiger charge is 2.45. The third kappa shape index (κ3) is 30.9. The van der Waals surface area contributed by atoms with Crippen molar-refractivity contribution in [2.75, 3.05) is 186 Å². The lowest BCUT2D eigenvalue weighted by atomic mass is 9.86.